The van der Waals surface area contributed by atoms with Crippen LogP contribution in [0.1, 0.15) is 37.7 Å². The third-order valence-electron chi connectivity index (χ3n) is 4.46. The van der Waals surface area contributed by atoms with Crippen molar-refractivity contribution in [2.45, 2.75) is 37.5 Å². The molecule has 0 bridgehead atoms. The Labute approximate surface area is 129 Å². The molecule has 1 saturated carbocycles. The van der Waals surface area contributed by atoms with Crippen LogP contribution in [0.3, 0.4) is 0 Å². The molecule has 1 N–H and O–H groups in total. The van der Waals surface area contributed by atoms with E-state index in [0.29, 0.717) is 0 Å². The molecule has 1 heterocycles. The summed E-state index contributed by atoms with van der Waals surface area (Å²) in [4.78, 5) is 16.9. The Hall–Kier alpha value is -2.23. The highest BCUT2D eigenvalue weighted by Crippen LogP contribution is 2.40. The highest BCUT2D eigenvalue weighted by Gasteiger charge is 2.41. The molecule has 0 atom stereocenters. The zero-order valence-corrected chi connectivity index (χ0v) is 12.4. The van der Waals surface area contributed by atoms with Gasteiger partial charge in [-0.1, -0.05) is 31.4 Å². The van der Waals surface area contributed by atoms with Crippen LogP contribution in [0.4, 0.5) is 10.1 Å². The van der Waals surface area contributed by atoms with E-state index >= 15 is 0 Å². The Kier molecular flexibility index (Phi) is 4.18. The molecule has 3 nitrogen and oxygen atoms in total. The number of nitrogens with one attached hydrogen (secondary N) is 1. The predicted molar refractivity (Wildman–Crippen MR) is 84.0 cm³/mol. The summed E-state index contributed by atoms with van der Waals surface area (Å²) in [7, 11) is 0. The predicted octanol–water partition coefficient (Wildman–Crippen LogP) is 4.06. The van der Waals surface area contributed by atoms with Crippen molar-refractivity contribution in [1.29, 1.82) is 0 Å². The summed E-state index contributed by atoms with van der Waals surface area (Å²) < 4.78 is 13.6. The average Bonchev–Trinajstić information content (AvgIpc) is 2.56. The maximum Gasteiger partial charge on any atom is 0.235 e. The molecule has 0 spiro atoms. The van der Waals surface area contributed by atoms with Gasteiger partial charge in [-0.15, -0.1) is 0 Å². The van der Waals surface area contributed by atoms with E-state index in [4.69, 9.17) is 0 Å². The SMILES string of the molecule is O=C(Nc1ccncc1)C1(c2cccc(F)c2)CCCCC1. The van der Waals surface area contributed by atoms with Gasteiger partial charge < -0.3 is 5.32 Å². The molecule has 114 valence electrons. The normalized spacial score (nSPS) is 17.0. The number of halogens is 1. The van der Waals surface area contributed by atoms with Crippen LogP contribution < -0.4 is 5.32 Å². The van der Waals surface area contributed by atoms with Gasteiger partial charge in [0, 0.05) is 18.1 Å². The van der Waals surface area contributed by atoms with Crippen LogP contribution in [-0.2, 0) is 10.2 Å². The lowest BCUT2D eigenvalue weighted by Gasteiger charge is -2.36. The van der Waals surface area contributed by atoms with E-state index in [0.717, 1.165) is 43.4 Å². The number of nitrogens with zero attached hydrogens (tertiary/aromatic N) is 1. The van der Waals surface area contributed by atoms with Crippen LogP contribution in [0.15, 0.2) is 48.8 Å². The Balaban J connectivity index is 1.93. The molecule has 2 aromatic rings. The summed E-state index contributed by atoms with van der Waals surface area (Å²) in [6.45, 7) is 0. The lowest BCUT2D eigenvalue weighted by atomic mass is 9.68. The lowest BCUT2D eigenvalue weighted by molar-refractivity contribution is -0.122. The molecule has 3 rings (SSSR count). The average molecular weight is 298 g/mol. The summed E-state index contributed by atoms with van der Waals surface area (Å²) in [5.41, 5.74) is 0.865. The van der Waals surface area contributed by atoms with Crippen molar-refractivity contribution >= 4 is 11.6 Å². The first-order valence-electron chi connectivity index (χ1n) is 7.68. The van der Waals surface area contributed by atoms with Crippen LogP contribution in [0.25, 0.3) is 0 Å². The van der Waals surface area contributed by atoms with Gasteiger partial charge in [0.2, 0.25) is 5.91 Å². The molecular weight excluding hydrogens is 279 g/mol. The van der Waals surface area contributed by atoms with Gasteiger partial charge in [-0.05, 0) is 42.7 Å². The molecule has 0 unspecified atom stereocenters. The molecule has 1 aromatic carbocycles. The second-order valence-electron chi connectivity index (χ2n) is 5.84. The quantitative estimate of drug-likeness (QED) is 0.928. The summed E-state index contributed by atoms with van der Waals surface area (Å²) in [5.74, 6) is -0.344. The highest BCUT2D eigenvalue weighted by atomic mass is 19.1. The minimum absolute atomic E-state index is 0.0519. The monoisotopic (exact) mass is 298 g/mol. The number of benzene rings is 1. The Morgan fingerprint density at radius 2 is 1.82 bits per heavy atom. The molecule has 1 aliphatic carbocycles. The maximum atomic E-state index is 13.6. The molecular formula is C18H19FN2O. The van der Waals surface area contributed by atoms with Gasteiger partial charge in [0.1, 0.15) is 5.82 Å². The third kappa shape index (κ3) is 2.86. The second-order valence-corrected chi connectivity index (χ2v) is 5.84. The number of anilines is 1. The Morgan fingerprint density at radius 3 is 2.50 bits per heavy atom. The van der Waals surface area contributed by atoms with Gasteiger partial charge in [0.25, 0.3) is 0 Å². The standard InChI is InChI=1S/C18H19FN2O/c19-15-6-4-5-14(13-15)18(9-2-1-3-10-18)17(22)21-16-7-11-20-12-8-16/h4-8,11-13H,1-3,9-10H2,(H,20,21,22). The third-order valence-corrected chi connectivity index (χ3v) is 4.46. The van der Waals surface area contributed by atoms with Gasteiger partial charge in [-0.3, -0.25) is 9.78 Å². The number of hydrogen-bond acceptors (Lipinski definition) is 2. The summed E-state index contributed by atoms with van der Waals surface area (Å²) in [5, 5.41) is 2.97. The fraction of sp³-hybridized carbons (Fsp3) is 0.333. The van der Waals surface area contributed by atoms with Crippen LogP contribution >= 0.6 is 0 Å². The van der Waals surface area contributed by atoms with Gasteiger partial charge >= 0.3 is 0 Å². The van der Waals surface area contributed by atoms with Gasteiger partial charge in [0.15, 0.2) is 0 Å². The van der Waals surface area contributed by atoms with Crippen molar-refractivity contribution < 1.29 is 9.18 Å². The van der Waals surface area contributed by atoms with E-state index < -0.39 is 5.41 Å². The first-order chi connectivity index (χ1) is 10.7. The number of amides is 1. The van der Waals surface area contributed by atoms with Crippen LogP contribution in [0.2, 0.25) is 0 Å². The van der Waals surface area contributed by atoms with Gasteiger partial charge in [0.05, 0.1) is 5.41 Å². The van der Waals surface area contributed by atoms with Crippen molar-refractivity contribution in [2.24, 2.45) is 0 Å². The zero-order valence-electron chi connectivity index (χ0n) is 12.4. The van der Waals surface area contributed by atoms with Crippen LogP contribution in [0.5, 0.6) is 0 Å². The Morgan fingerprint density at radius 1 is 1.09 bits per heavy atom. The van der Waals surface area contributed by atoms with E-state index in [-0.39, 0.29) is 11.7 Å². The first kappa shape index (κ1) is 14.7. The van der Waals surface area contributed by atoms with Crippen LogP contribution in [0, 0.1) is 5.82 Å². The largest absolute Gasteiger partial charge is 0.325 e. The number of carbonyl (C=O) groups excluding carboxylic acids is 1. The van der Waals surface area contributed by atoms with Crippen molar-refractivity contribution in [2.75, 3.05) is 5.32 Å². The summed E-state index contributed by atoms with van der Waals surface area (Å²) in [6, 6.07) is 9.99. The lowest BCUT2D eigenvalue weighted by Crippen LogP contribution is -2.42. The topological polar surface area (TPSA) is 42.0 Å². The molecule has 1 aliphatic rings. The van der Waals surface area contributed by atoms with Crippen molar-refractivity contribution in [1.82, 2.24) is 4.98 Å². The number of pyridine rings is 1. The minimum Gasteiger partial charge on any atom is -0.325 e. The summed E-state index contributed by atoms with van der Waals surface area (Å²) >= 11 is 0. The zero-order chi connectivity index (χ0) is 15.4. The number of carbonyl (C=O) groups is 1. The molecule has 1 aromatic heterocycles. The van der Waals surface area contributed by atoms with Crippen LogP contribution in [-0.4, -0.2) is 10.9 Å². The van der Waals surface area contributed by atoms with Gasteiger partial charge in [-0.25, -0.2) is 4.39 Å². The first-order valence-corrected chi connectivity index (χ1v) is 7.68. The molecule has 0 saturated heterocycles. The molecule has 4 heteroatoms. The smallest absolute Gasteiger partial charge is 0.235 e. The Bertz CT molecular complexity index is 651. The van der Waals surface area contributed by atoms with E-state index in [1.54, 1.807) is 30.6 Å². The van der Waals surface area contributed by atoms with E-state index in [9.17, 15) is 9.18 Å². The van der Waals surface area contributed by atoms with Crippen molar-refractivity contribution in [3.05, 3.63) is 60.2 Å². The molecule has 22 heavy (non-hydrogen) atoms. The van der Waals surface area contributed by atoms with E-state index in [1.807, 2.05) is 6.07 Å². The van der Waals surface area contributed by atoms with Crippen molar-refractivity contribution in [3.8, 4) is 0 Å². The van der Waals surface area contributed by atoms with Crippen molar-refractivity contribution in [3.63, 3.8) is 0 Å². The molecule has 0 aliphatic heterocycles. The number of hydrogen-bond donors (Lipinski definition) is 1. The summed E-state index contributed by atoms with van der Waals surface area (Å²) in [6.07, 6.45) is 7.90. The van der Waals surface area contributed by atoms with Gasteiger partial charge in [-0.2, -0.15) is 0 Å². The minimum atomic E-state index is -0.635. The highest BCUT2D eigenvalue weighted by molar-refractivity contribution is 5.99. The molecule has 1 amide bonds. The molecule has 0 radical (unpaired) electrons. The molecule has 1 fully saturated rings. The van der Waals surface area contributed by atoms with E-state index in [1.165, 1.54) is 12.1 Å². The number of rotatable bonds is 3. The maximum absolute atomic E-state index is 13.6. The second kappa shape index (κ2) is 6.26. The fourth-order valence-corrected chi connectivity index (χ4v) is 3.27. The number of aromatic nitrogens is 1. The van der Waals surface area contributed by atoms with E-state index in [2.05, 4.69) is 10.3 Å². The fourth-order valence-electron chi connectivity index (χ4n) is 3.27.